The normalized spacial score (nSPS) is 25.9. The molecular weight excluding hydrogens is 282 g/mol. The lowest BCUT2D eigenvalue weighted by Crippen LogP contribution is -2.29. The first-order chi connectivity index (χ1) is 7.46. The molecule has 1 nitrogen and oxygen atoms in total. The van der Waals surface area contributed by atoms with Gasteiger partial charge in [0.25, 0.3) is 0 Å². The van der Waals surface area contributed by atoms with Crippen LogP contribution in [0.3, 0.4) is 0 Å². The van der Waals surface area contributed by atoms with Crippen LogP contribution in [-0.2, 0) is 0 Å². The lowest BCUT2D eigenvalue weighted by molar-refractivity contribution is 0.357. The summed E-state index contributed by atoms with van der Waals surface area (Å²) in [5.74, 6) is 0. The predicted molar refractivity (Wildman–Crippen MR) is 75.0 cm³/mol. The van der Waals surface area contributed by atoms with E-state index in [1.807, 2.05) is 11.3 Å². The Morgan fingerprint density at radius 1 is 1.50 bits per heavy atom. The average molecular weight is 302 g/mol. The maximum Gasteiger partial charge on any atom is 0.0701 e. The van der Waals surface area contributed by atoms with E-state index in [-0.39, 0.29) is 0 Å². The zero-order valence-electron chi connectivity index (χ0n) is 10.2. The van der Waals surface area contributed by atoms with Gasteiger partial charge in [0.1, 0.15) is 0 Å². The molecule has 16 heavy (non-hydrogen) atoms. The molecule has 0 amide bonds. The SMILES string of the molecule is CC(NC1CCC(C)(C)C1)c1ccc(Br)s1. The van der Waals surface area contributed by atoms with Gasteiger partial charge >= 0.3 is 0 Å². The van der Waals surface area contributed by atoms with Gasteiger partial charge in [-0.15, -0.1) is 11.3 Å². The van der Waals surface area contributed by atoms with Crippen molar-refractivity contribution in [3.05, 3.63) is 20.8 Å². The highest BCUT2D eigenvalue weighted by molar-refractivity contribution is 9.11. The van der Waals surface area contributed by atoms with Gasteiger partial charge in [0.15, 0.2) is 0 Å². The van der Waals surface area contributed by atoms with Gasteiger partial charge in [0.2, 0.25) is 0 Å². The number of hydrogen-bond donors (Lipinski definition) is 1. The monoisotopic (exact) mass is 301 g/mol. The minimum absolute atomic E-state index is 0.482. The zero-order valence-corrected chi connectivity index (χ0v) is 12.6. The van der Waals surface area contributed by atoms with Gasteiger partial charge in [-0.25, -0.2) is 0 Å². The van der Waals surface area contributed by atoms with E-state index < -0.39 is 0 Å². The summed E-state index contributed by atoms with van der Waals surface area (Å²) < 4.78 is 1.22. The van der Waals surface area contributed by atoms with Crippen molar-refractivity contribution in [2.75, 3.05) is 0 Å². The van der Waals surface area contributed by atoms with E-state index in [9.17, 15) is 0 Å². The quantitative estimate of drug-likeness (QED) is 0.850. The second-order valence-electron chi connectivity index (χ2n) is 5.63. The summed E-state index contributed by atoms with van der Waals surface area (Å²) in [5.41, 5.74) is 0.535. The molecule has 3 heteroatoms. The maximum absolute atomic E-state index is 3.75. The van der Waals surface area contributed by atoms with Crippen LogP contribution in [0.1, 0.15) is 51.0 Å². The van der Waals surface area contributed by atoms with E-state index in [0.29, 0.717) is 17.5 Å². The van der Waals surface area contributed by atoms with Crippen molar-refractivity contribution in [3.63, 3.8) is 0 Å². The van der Waals surface area contributed by atoms with E-state index in [0.717, 1.165) is 0 Å². The van der Waals surface area contributed by atoms with Crippen molar-refractivity contribution in [2.24, 2.45) is 5.41 Å². The van der Waals surface area contributed by atoms with E-state index in [4.69, 9.17) is 0 Å². The average Bonchev–Trinajstić information content (AvgIpc) is 2.73. The van der Waals surface area contributed by atoms with E-state index in [1.165, 1.54) is 27.9 Å². The fourth-order valence-corrected chi connectivity index (χ4v) is 4.01. The molecule has 1 saturated carbocycles. The van der Waals surface area contributed by atoms with Gasteiger partial charge in [-0.05, 0) is 59.7 Å². The molecule has 0 spiro atoms. The Bertz CT molecular complexity index is 359. The Balaban J connectivity index is 1.91. The highest BCUT2D eigenvalue weighted by atomic mass is 79.9. The fraction of sp³-hybridized carbons (Fsp3) is 0.692. The number of hydrogen-bond acceptors (Lipinski definition) is 2. The van der Waals surface area contributed by atoms with Crippen molar-refractivity contribution in [1.29, 1.82) is 0 Å². The van der Waals surface area contributed by atoms with Gasteiger partial charge in [0, 0.05) is 17.0 Å². The van der Waals surface area contributed by atoms with Crippen LogP contribution < -0.4 is 5.32 Å². The van der Waals surface area contributed by atoms with Crippen molar-refractivity contribution >= 4 is 27.3 Å². The summed E-state index contributed by atoms with van der Waals surface area (Å²) in [5, 5.41) is 3.75. The fourth-order valence-electron chi connectivity index (χ4n) is 2.58. The Labute approximate surface area is 111 Å². The molecule has 0 bridgehead atoms. The molecule has 90 valence electrons. The summed E-state index contributed by atoms with van der Waals surface area (Å²) >= 11 is 5.36. The number of rotatable bonds is 3. The lowest BCUT2D eigenvalue weighted by atomic mass is 9.92. The summed E-state index contributed by atoms with van der Waals surface area (Å²) in [6.45, 7) is 7.02. The van der Waals surface area contributed by atoms with Crippen LogP contribution in [0.15, 0.2) is 15.9 Å². The molecule has 1 fully saturated rings. The van der Waals surface area contributed by atoms with Crippen LogP contribution in [0.25, 0.3) is 0 Å². The lowest BCUT2D eigenvalue weighted by Gasteiger charge is -2.21. The largest absolute Gasteiger partial charge is 0.307 e. The summed E-state index contributed by atoms with van der Waals surface area (Å²) in [7, 11) is 0. The van der Waals surface area contributed by atoms with Crippen LogP contribution in [0.4, 0.5) is 0 Å². The topological polar surface area (TPSA) is 12.0 Å². The highest BCUT2D eigenvalue weighted by Crippen LogP contribution is 2.38. The van der Waals surface area contributed by atoms with Gasteiger partial charge in [-0.1, -0.05) is 13.8 Å². The molecule has 1 heterocycles. The Morgan fingerprint density at radius 2 is 2.25 bits per heavy atom. The molecule has 0 radical (unpaired) electrons. The Hall–Kier alpha value is 0.140. The molecule has 1 aliphatic rings. The van der Waals surface area contributed by atoms with Crippen LogP contribution in [0.5, 0.6) is 0 Å². The van der Waals surface area contributed by atoms with Gasteiger partial charge in [-0.3, -0.25) is 0 Å². The third kappa shape index (κ3) is 3.08. The molecule has 1 aromatic heterocycles. The second kappa shape index (κ2) is 4.79. The summed E-state index contributed by atoms with van der Waals surface area (Å²) in [6.07, 6.45) is 3.99. The van der Waals surface area contributed by atoms with Crippen LogP contribution in [-0.4, -0.2) is 6.04 Å². The maximum atomic E-state index is 3.75. The van der Waals surface area contributed by atoms with E-state index >= 15 is 0 Å². The molecular formula is C13H20BrNS. The van der Waals surface area contributed by atoms with Gasteiger partial charge < -0.3 is 5.32 Å². The molecule has 0 aliphatic heterocycles. The van der Waals surface area contributed by atoms with Crippen molar-refractivity contribution in [1.82, 2.24) is 5.32 Å². The first kappa shape index (κ1) is 12.6. The van der Waals surface area contributed by atoms with Crippen LogP contribution >= 0.6 is 27.3 Å². The second-order valence-corrected chi connectivity index (χ2v) is 8.13. The van der Waals surface area contributed by atoms with Crippen molar-refractivity contribution in [3.8, 4) is 0 Å². The van der Waals surface area contributed by atoms with Crippen LogP contribution in [0.2, 0.25) is 0 Å². The minimum Gasteiger partial charge on any atom is -0.307 e. The Morgan fingerprint density at radius 3 is 2.75 bits per heavy atom. The predicted octanol–water partition coefficient (Wildman–Crippen LogP) is 4.74. The number of halogens is 1. The van der Waals surface area contributed by atoms with Crippen molar-refractivity contribution < 1.29 is 0 Å². The molecule has 2 atom stereocenters. The molecule has 1 N–H and O–H groups in total. The number of thiophene rings is 1. The zero-order chi connectivity index (χ0) is 11.8. The Kier molecular flexibility index (Phi) is 3.77. The molecule has 1 aliphatic carbocycles. The summed E-state index contributed by atoms with van der Waals surface area (Å²) in [6, 6.07) is 5.53. The third-order valence-corrected chi connectivity index (χ3v) is 5.28. The minimum atomic E-state index is 0.482. The molecule has 0 saturated heterocycles. The molecule has 2 unspecified atom stereocenters. The van der Waals surface area contributed by atoms with Gasteiger partial charge in [0.05, 0.1) is 3.79 Å². The van der Waals surface area contributed by atoms with Crippen LogP contribution in [0, 0.1) is 5.41 Å². The third-order valence-electron chi connectivity index (χ3n) is 3.48. The molecule has 2 rings (SSSR count). The number of nitrogens with one attached hydrogen (secondary N) is 1. The van der Waals surface area contributed by atoms with E-state index in [1.54, 1.807) is 0 Å². The highest BCUT2D eigenvalue weighted by Gasteiger charge is 2.31. The van der Waals surface area contributed by atoms with Crippen molar-refractivity contribution in [2.45, 2.75) is 52.1 Å². The summed E-state index contributed by atoms with van der Waals surface area (Å²) in [4.78, 5) is 1.43. The van der Waals surface area contributed by atoms with E-state index in [2.05, 4.69) is 54.2 Å². The first-order valence-electron chi connectivity index (χ1n) is 5.97. The van der Waals surface area contributed by atoms with Gasteiger partial charge in [-0.2, -0.15) is 0 Å². The standard InChI is InChI=1S/C13H20BrNS/c1-9(11-4-5-12(14)16-11)15-10-6-7-13(2,3)8-10/h4-5,9-10,15H,6-8H2,1-3H3. The first-order valence-corrected chi connectivity index (χ1v) is 7.58. The smallest absolute Gasteiger partial charge is 0.0701 e. The molecule has 1 aromatic rings. The molecule has 0 aromatic carbocycles.